The molecule has 10 heteroatoms. The maximum absolute atomic E-state index is 10.9. The van der Waals surface area contributed by atoms with E-state index >= 15 is 0 Å². The molecule has 10 nitrogen and oxygen atoms in total. The molecule has 1 saturated heterocycles. The highest BCUT2D eigenvalue weighted by atomic mass is 16.7. The van der Waals surface area contributed by atoms with Crippen molar-refractivity contribution in [3.8, 4) is 17.0 Å². The molecule has 32 heavy (non-hydrogen) atoms. The van der Waals surface area contributed by atoms with E-state index in [4.69, 9.17) is 24.5 Å². The number of aromatic nitrogens is 4. The lowest BCUT2D eigenvalue weighted by atomic mass is 10.1. The van der Waals surface area contributed by atoms with Gasteiger partial charge in [0.15, 0.2) is 0 Å². The van der Waals surface area contributed by atoms with Crippen molar-refractivity contribution in [3.63, 3.8) is 0 Å². The van der Waals surface area contributed by atoms with Gasteiger partial charge in [-0.25, -0.2) is 9.78 Å². The summed E-state index contributed by atoms with van der Waals surface area (Å²) in [5.41, 5.74) is 3.17. The van der Waals surface area contributed by atoms with Crippen molar-refractivity contribution in [3.05, 3.63) is 54.7 Å². The first-order valence-corrected chi connectivity index (χ1v) is 10.1. The van der Waals surface area contributed by atoms with Crippen molar-refractivity contribution in [1.29, 1.82) is 0 Å². The molecule has 3 N–H and O–H groups in total. The Bertz CT molecular complexity index is 1270. The zero-order valence-electron chi connectivity index (χ0n) is 17.0. The Balaban J connectivity index is 1.53. The largest absolute Gasteiger partial charge is 0.511 e. The van der Waals surface area contributed by atoms with Crippen LogP contribution in [0.25, 0.3) is 22.2 Å². The van der Waals surface area contributed by atoms with Crippen molar-refractivity contribution in [2.24, 2.45) is 0 Å². The smallest absolute Gasteiger partial charge is 0.449 e. The highest BCUT2D eigenvalue weighted by molar-refractivity contribution is 5.83. The van der Waals surface area contributed by atoms with E-state index in [2.05, 4.69) is 20.4 Å². The molecule has 0 saturated carbocycles. The van der Waals surface area contributed by atoms with E-state index in [1.165, 1.54) is 0 Å². The fourth-order valence-electron chi connectivity index (χ4n) is 3.54. The Morgan fingerprint density at radius 3 is 2.84 bits per heavy atom. The number of fused-ring (bicyclic) bond motifs is 1. The molecule has 2 aromatic carbocycles. The van der Waals surface area contributed by atoms with Gasteiger partial charge in [0.25, 0.3) is 0 Å². The van der Waals surface area contributed by atoms with Crippen LogP contribution in [0, 0.1) is 0 Å². The van der Waals surface area contributed by atoms with Crippen LogP contribution >= 0.6 is 0 Å². The first-order chi connectivity index (χ1) is 15.6. The highest BCUT2D eigenvalue weighted by Gasteiger charge is 2.17. The van der Waals surface area contributed by atoms with Crippen LogP contribution < -0.4 is 15.0 Å². The van der Waals surface area contributed by atoms with Gasteiger partial charge in [0.2, 0.25) is 5.95 Å². The van der Waals surface area contributed by atoms with Crippen LogP contribution in [0.2, 0.25) is 0 Å². The molecule has 0 atom stereocenters. The zero-order chi connectivity index (χ0) is 21.9. The number of hydrogen-bond donors (Lipinski definition) is 3. The summed E-state index contributed by atoms with van der Waals surface area (Å²) in [4.78, 5) is 22.4. The van der Waals surface area contributed by atoms with Crippen LogP contribution in [0.15, 0.2) is 54.7 Å². The predicted molar refractivity (Wildman–Crippen MR) is 119 cm³/mol. The lowest BCUT2D eigenvalue weighted by molar-refractivity contribution is 0.122. The third-order valence-electron chi connectivity index (χ3n) is 5.06. The average Bonchev–Trinajstić information content (AvgIpc) is 3.27. The molecular formula is C22H20N6O4. The second kappa shape index (κ2) is 8.52. The number of carbonyl (C=O) groups is 1. The molecule has 162 valence electrons. The molecule has 0 unspecified atom stereocenters. The molecule has 3 heterocycles. The normalized spacial score (nSPS) is 13.8. The minimum atomic E-state index is -1.36. The summed E-state index contributed by atoms with van der Waals surface area (Å²) >= 11 is 0. The van der Waals surface area contributed by atoms with Crippen molar-refractivity contribution in [2.75, 3.05) is 36.5 Å². The van der Waals surface area contributed by atoms with Gasteiger partial charge in [-0.2, -0.15) is 10.1 Å². The Morgan fingerprint density at radius 1 is 1.12 bits per heavy atom. The van der Waals surface area contributed by atoms with E-state index in [1.807, 2.05) is 30.3 Å². The first kappa shape index (κ1) is 19.8. The molecule has 1 aliphatic rings. The Kier molecular flexibility index (Phi) is 5.26. The number of aromatic amines is 1. The Morgan fingerprint density at radius 2 is 2.00 bits per heavy atom. The van der Waals surface area contributed by atoms with E-state index < -0.39 is 6.16 Å². The van der Waals surface area contributed by atoms with Gasteiger partial charge in [-0.1, -0.05) is 12.1 Å². The summed E-state index contributed by atoms with van der Waals surface area (Å²) in [6.45, 7) is 2.59. The van der Waals surface area contributed by atoms with Crippen LogP contribution in [-0.4, -0.2) is 57.7 Å². The highest BCUT2D eigenvalue weighted by Crippen LogP contribution is 2.28. The quantitative estimate of drug-likeness (QED) is 0.320. The molecule has 0 radical (unpaired) electrons. The fourth-order valence-corrected chi connectivity index (χ4v) is 3.54. The van der Waals surface area contributed by atoms with Crippen LogP contribution in [0.5, 0.6) is 5.75 Å². The maximum Gasteiger partial charge on any atom is 0.511 e. The molecule has 5 rings (SSSR count). The summed E-state index contributed by atoms with van der Waals surface area (Å²) in [7, 11) is 0. The molecule has 4 aromatic rings. The van der Waals surface area contributed by atoms with Gasteiger partial charge in [-0.15, -0.1) is 0 Å². The number of carboxylic acid groups (broad SMARTS) is 1. The first-order valence-electron chi connectivity index (χ1n) is 10.1. The lowest BCUT2D eigenvalue weighted by Crippen LogP contribution is -2.37. The summed E-state index contributed by atoms with van der Waals surface area (Å²) in [6, 6.07) is 14.5. The average molecular weight is 432 g/mol. The van der Waals surface area contributed by atoms with E-state index in [0.29, 0.717) is 49.3 Å². The van der Waals surface area contributed by atoms with Gasteiger partial charge in [0, 0.05) is 35.8 Å². The molecule has 0 aliphatic carbocycles. The number of morpholine rings is 1. The summed E-state index contributed by atoms with van der Waals surface area (Å²) in [6.07, 6.45) is 0.398. The van der Waals surface area contributed by atoms with Gasteiger partial charge in [0.1, 0.15) is 11.6 Å². The number of nitrogens with zero attached hydrogens (tertiary/aromatic N) is 4. The van der Waals surface area contributed by atoms with Crippen molar-refractivity contribution in [2.45, 2.75) is 0 Å². The maximum atomic E-state index is 10.9. The van der Waals surface area contributed by atoms with Crippen LogP contribution in [0.1, 0.15) is 0 Å². The van der Waals surface area contributed by atoms with Crippen LogP contribution in [-0.2, 0) is 4.74 Å². The number of rotatable bonds is 5. The summed E-state index contributed by atoms with van der Waals surface area (Å²) < 4.78 is 10.3. The molecule has 0 amide bonds. The zero-order valence-corrected chi connectivity index (χ0v) is 17.0. The van der Waals surface area contributed by atoms with E-state index in [0.717, 1.165) is 16.6 Å². The topological polar surface area (TPSA) is 125 Å². The van der Waals surface area contributed by atoms with Crippen molar-refractivity contribution >= 4 is 34.5 Å². The molecule has 0 spiro atoms. The van der Waals surface area contributed by atoms with Gasteiger partial charge in [-0.3, -0.25) is 5.10 Å². The number of anilines is 3. The van der Waals surface area contributed by atoms with Crippen molar-refractivity contribution in [1.82, 2.24) is 20.2 Å². The second-order valence-electron chi connectivity index (χ2n) is 7.23. The van der Waals surface area contributed by atoms with Crippen LogP contribution in [0.3, 0.4) is 0 Å². The Hall–Kier alpha value is -4.18. The lowest BCUT2D eigenvalue weighted by Gasteiger charge is -2.27. The van der Waals surface area contributed by atoms with Gasteiger partial charge >= 0.3 is 6.16 Å². The number of benzene rings is 2. The molecular weight excluding hydrogens is 412 g/mol. The molecule has 1 fully saturated rings. The number of ether oxygens (including phenoxy) is 2. The minimum Gasteiger partial charge on any atom is -0.449 e. The van der Waals surface area contributed by atoms with E-state index in [1.54, 1.807) is 24.4 Å². The molecule has 2 aromatic heterocycles. The second-order valence-corrected chi connectivity index (χ2v) is 7.23. The summed E-state index contributed by atoms with van der Waals surface area (Å²) in [5, 5.41) is 20.2. The minimum absolute atomic E-state index is 0.224. The van der Waals surface area contributed by atoms with E-state index in [9.17, 15) is 4.79 Å². The number of hydrogen-bond acceptors (Lipinski definition) is 8. The third kappa shape index (κ3) is 4.30. The Labute approximate surface area is 182 Å². The van der Waals surface area contributed by atoms with Gasteiger partial charge in [-0.05, 0) is 30.3 Å². The predicted octanol–water partition coefficient (Wildman–Crippen LogP) is 3.66. The van der Waals surface area contributed by atoms with Crippen LogP contribution in [0.4, 0.5) is 22.2 Å². The molecule has 1 aliphatic heterocycles. The van der Waals surface area contributed by atoms with Gasteiger partial charge < -0.3 is 24.8 Å². The third-order valence-corrected chi connectivity index (χ3v) is 5.06. The fraction of sp³-hybridized carbons (Fsp3) is 0.182. The number of H-pyrrole nitrogens is 1. The summed E-state index contributed by atoms with van der Waals surface area (Å²) in [5.74, 6) is 1.41. The molecule has 0 bridgehead atoms. The monoisotopic (exact) mass is 432 g/mol. The number of nitrogens with one attached hydrogen (secondary N) is 2. The SMILES string of the molecule is O=C(O)Oc1cccc(-c2cc(Nc3ccc4[nH]ncc4c3)nc(N3CCOCC3)n2)c1. The standard InChI is InChI=1S/C22H20N6O4/c29-22(30)32-17-3-1-2-14(11-17)19-12-20(26-21(25-19)28-6-8-31-9-7-28)24-16-4-5-18-15(10-16)13-23-27-18/h1-5,10-13H,6-9H2,(H,23,27)(H,29,30)(H,24,25,26). The van der Waals surface area contributed by atoms with E-state index in [-0.39, 0.29) is 5.75 Å². The van der Waals surface area contributed by atoms with Gasteiger partial charge in [0.05, 0.1) is 30.6 Å². The van der Waals surface area contributed by atoms with Crippen molar-refractivity contribution < 1.29 is 19.4 Å².